The number of aliphatic carboxylic acids is 1. The van der Waals surface area contributed by atoms with Crippen LogP contribution in [0.15, 0.2) is 12.1 Å². The zero-order chi connectivity index (χ0) is 19.5. The van der Waals surface area contributed by atoms with Crippen LogP contribution in [0.4, 0.5) is 10.5 Å². The Morgan fingerprint density at radius 2 is 2.08 bits per heavy atom. The molecule has 0 radical (unpaired) electrons. The highest BCUT2D eigenvalue weighted by atomic mass is 127. The molecule has 0 spiro atoms. The molecule has 1 aliphatic heterocycles. The Kier molecular flexibility index (Phi) is 6.59. The van der Waals surface area contributed by atoms with Gasteiger partial charge in [-0.05, 0) is 55.8 Å². The van der Waals surface area contributed by atoms with Crippen molar-refractivity contribution in [2.45, 2.75) is 52.2 Å². The van der Waals surface area contributed by atoms with Gasteiger partial charge in [-0.2, -0.15) is 0 Å². The van der Waals surface area contributed by atoms with Crippen molar-refractivity contribution in [2.75, 3.05) is 18.1 Å². The highest BCUT2D eigenvalue weighted by Gasteiger charge is 2.36. The number of ether oxygens (including phenoxy) is 3. The van der Waals surface area contributed by atoms with E-state index in [1.54, 1.807) is 32.9 Å². The molecule has 26 heavy (non-hydrogen) atoms. The first-order valence-electron chi connectivity index (χ1n) is 8.48. The molecule has 0 bridgehead atoms. The molecule has 1 heterocycles. The van der Waals surface area contributed by atoms with E-state index in [2.05, 4.69) is 29.5 Å². The van der Waals surface area contributed by atoms with Crippen molar-refractivity contribution in [3.8, 4) is 11.5 Å². The van der Waals surface area contributed by atoms with Crippen molar-refractivity contribution < 1.29 is 28.9 Å². The maximum absolute atomic E-state index is 12.6. The second kappa shape index (κ2) is 8.32. The van der Waals surface area contributed by atoms with Crippen LogP contribution >= 0.6 is 22.6 Å². The number of halogens is 1. The predicted octanol–water partition coefficient (Wildman–Crippen LogP) is 4.06. The summed E-state index contributed by atoms with van der Waals surface area (Å²) in [5.74, 6) is -0.245. The first-order valence-corrected chi connectivity index (χ1v) is 9.56. The van der Waals surface area contributed by atoms with E-state index in [0.717, 1.165) is 16.4 Å². The SMILES string of the molecule is CCCCOc1cc2c(cc1I)N(C(=O)OC(C)(C)C)CC(C(=O)O)O2. The minimum atomic E-state index is -1.17. The van der Waals surface area contributed by atoms with Gasteiger partial charge in [-0.1, -0.05) is 13.3 Å². The van der Waals surface area contributed by atoms with Gasteiger partial charge in [0.1, 0.15) is 17.1 Å². The normalized spacial score (nSPS) is 16.5. The zero-order valence-corrected chi connectivity index (χ0v) is 17.5. The number of carbonyl (C=O) groups excluding carboxylic acids is 1. The second-order valence-electron chi connectivity index (χ2n) is 6.99. The molecule has 0 aromatic heterocycles. The summed E-state index contributed by atoms with van der Waals surface area (Å²) in [5.41, 5.74) is -0.214. The first-order chi connectivity index (χ1) is 12.1. The van der Waals surface area contributed by atoms with Crippen molar-refractivity contribution in [3.05, 3.63) is 15.7 Å². The maximum atomic E-state index is 12.6. The third-order valence-electron chi connectivity index (χ3n) is 3.57. The molecule has 144 valence electrons. The zero-order valence-electron chi connectivity index (χ0n) is 15.4. The van der Waals surface area contributed by atoms with E-state index in [-0.39, 0.29) is 6.54 Å². The van der Waals surface area contributed by atoms with Crippen LogP contribution in [0.5, 0.6) is 11.5 Å². The molecule has 1 aromatic rings. The van der Waals surface area contributed by atoms with E-state index in [1.165, 1.54) is 4.90 Å². The Morgan fingerprint density at radius 1 is 1.38 bits per heavy atom. The quantitative estimate of drug-likeness (QED) is 0.509. The molecule has 1 aromatic carbocycles. The Balaban J connectivity index is 2.36. The van der Waals surface area contributed by atoms with Crippen molar-refractivity contribution in [1.82, 2.24) is 0 Å². The smallest absolute Gasteiger partial charge is 0.415 e. The Bertz CT molecular complexity index is 685. The lowest BCUT2D eigenvalue weighted by Gasteiger charge is -2.34. The Hall–Kier alpha value is -1.71. The van der Waals surface area contributed by atoms with Crippen LogP contribution in [0.25, 0.3) is 0 Å². The minimum Gasteiger partial charge on any atom is -0.492 e. The number of carbonyl (C=O) groups is 2. The first kappa shape index (κ1) is 20.6. The number of hydrogen-bond acceptors (Lipinski definition) is 5. The van der Waals surface area contributed by atoms with E-state index in [1.807, 2.05) is 0 Å². The van der Waals surface area contributed by atoms with Crippen molar-refractivity contribution in [3.63, 3.8) is 0 Å². The number of fused-ring (bicyclic) bond motifs is 1. The number of rotatable bonds is 5. The third-order valence-corrected chi connectivity index (χ3v) is 4.41. The van der Waals surface area contributed by atoms with Gasteiger partial charge in [0.15, 0.2) is 0 Å². The molecule has 1 aliphatic rings. The van der Waals surface area contributed by atoms with Crippen LogP contribution in [0, 0.1) is 3.57 Å². The molecule has 1 N–H and O–H groups in total. The fraction of sp³-hybridized carbons (Fsp3) is 0.556. The second-order valence-corrected chi connectivity index (χ2v) is 8.15. The molecular formula is C18H24INO6. The lowest BCUT2D eigenvalue weighted by Crippen LogP contribution is -2.48. The molecular weight excluding hydrogens is 453 g/mol. The molecule has 0 saturated carbocycles. The molecule has 1 unspecified atom stereocenters. The van der Waals surface area contributed by atoms with Crippen LogP contribution in [0.3, 0.4) is 0 Å². The van der Waals surface area contributed by atoms with E-state index in [4.69, 9.17) is 14.2 Å². The molecule has 1 amide bonds. The monoisotopic (exact) mass is 477 g/mol. The summed E-state index contributed by atoms with van der Waals surface area (Å²) in [7, 11) is 0. The summed E-state index contributed by atoms with van der Waals surface area (Å²) < 4.78 is 17.5. The summed E-state index contributed by atoms with van der Waals surface area (Å²) >= 11 is 2.12. The summed E-state index contributed by atoms with van der Waals surface area (Å²) in [6, 6.07) is 3.39. The van der Waals surface area contributed by atoms with Crippen LogP contribution in [0.1, 0.15) is 40.5 Å². The molecule has 8 heteroatoms. The minimum absolute atomic E-state index is 0.122. The topological polar surface area (TPSA) is 85.3 Å². The molecule has 1 atom stereocenters. The number of carboxylic acid groups (broad SMARTS) is 1. The fourth-order valence-corrected chi connectivity index (χ4v) is 2.95. The van der Waals surface area contributed by atoms with Gasteiger partial charge in [-0.3, -0.25) is 4.90 Å². The van der Waals surface area contributed by atoms with Gasteiger partial charge in [0.2, 0.25) is 6.10 Å². The van der Waals surface area contributed by atoms with Crippen LogP contribution in [-0.4, -0.2) is 42.0 Å². The van der Waals surface area contributed by atoms with Crippen LogP contribution < -0.4 is 14.4 Å². The average Bonchev–Trinajstić information content (AvgIpc) is 2.52. The molecule has 2 rings (SSSR count). The molecule has 0 fully saturated rings. The predicted molar refractivity (Wildman–Crippen MR) is 105 cm³/mol. The highest BCUT2D eigenvalue weighted by molar-refractivity contribution is 14.1. The number of unbranched alkanes of at least 4 members (excludes halogenated alkanes) is 1. The third kappa shape index (κ3) is 5.15. The number of hydrogen-bond donors (Lipinski definition) is 1. The van der Waals surface area contributed by atoms with Crippen molar-refractivity contribution >= 4 is 40.3 Å². The standard InChI is InChI=1S/C18H24INO6/c1-5-6-7-24-13-9-14-12(8-11(13)19)20(10-15(25-14)16(21)22)17(23)26-18(2,3)4/h8-9,15H,5-7,10H2,1-4H3,(H,21,22). The largest absolute Gasteiger partial charge is 0.492 e. The van der Waals surface area contributed by atoms with Gasteiger partial charge >= 0.3 is 12.1 Å². The van der Waals surface area contributed by atoms with E-state index in [9.17, 15) is 14.7 Å². The lowest BCUT2D eigenvalue weighted by molar-refractivity contribution is -0.144. The van der Waals surface area contributed by atoms with Gasteiger partial charge < -0.3 is 19.3 Å². The molecule has 0 saturated heterocycles. The van der Waals surface area contributed by atoms with Gasteiger partial charge in [-0.15, -0.1) is 0 Å². The average molecular weight is 477 g/mol. The van der Waals surface area contributed by atoms with Crippen LogP contribution in [-0.2, 0) is 9.53 Å². The van der Waals surface area contributed by atoms with Gasteiger partial charge in [0, 0.05) is 6.07 Å². The summed E-state index contributed by atoms with van der Waals surface area (Å²) in [6.45, 7) is 7.79. The summed E-state index contributed by atoms with van der Waals surface area (Å²) in [6.07, 6.45) is 0.142. The van der Waals surface area contributed by atoms with E-state index >= 15 is 0 Å². The lowest BCUT2D eigenvalue weighted by atomic mass is 10.1. The van der Waals surface area contributed by atoms with Crippen molar-refractivity contribution in [1.29, 1.82) is 0 Å². The Morgan fingerprint density at radius 3 is 2.65 bits per heavy atom. The fourth-order valence-electron chi connectivity index (χ4n) is 2.34. The van der Waals surface area contributed by atoms with E-state index in [0.29, 0.717) is 23.8 Å². The number of nitrogens with zero attached hydrogens (tertiary/aromatic N) is 1. The van der Waals surface area contributed by atoms with Crippen LogP contribution in [0.2, 0.25) is 0 Å². The van der Waals surface area contributed by atoms with Gasteiger partial charge in [-0.25, -0.2) is 9.59 Å². The molecule has 7 nitrogen and oxygen atoms in total. The molecule has 0 aliphatic carbocycles. The number of amides is 1. The number of anilines is 1. The number of carboxylic acids is 1. The summed E-state index contributed by atoms with van der Waals surface area (Å²) in [5, 5.41) is 9.36. The van der Waals surface area contributed by atoms with Gasteiger partial charge in [0.25, 0.3) is 0 Å². The highest BCUT2D eigenvalue weighted by Crippen LogP contribution is 2.40. The maximum Gasteiger partial charge on any atom is 0.415 e. The summed E-state index contributed by atoms with van der Waals surface area (Å²) in [4.78, 5) is 25.3. The number of benzene rings is 1. The van der Waals surface area contributed by atoms with Crippen molar-refractivity contribution in [2.24, 2.45) is 0 Å². The van der Waals surface area contributed by atoms with Gasteiger partial charge in [0.05, 0.1) is 22.4 Å². The van der Waals surface area contributed by atoms with E-state index < -0.39 is 23.8 Å². The Labute approximate surface area is 166 Å².